The number of nitrogens with zero attached hydrogens (tertiary/aromatic N) is 4. The number of rotatable bonds is 5. The fourth-order valence-electron chi connectivity index (χ4n) is 2.82. The Morgan fingerprint density at radius 1 is 1.04 bits per heavy atom. The molecule has 2 aromatic rings. The third kappa shape index (κ3) is 4.15. The highest BCUT2D eigenvalue weighted by molar-refractivity contribution is 5.97. The Balaban J connectivity index is 1.57. The zero-order chi connectivity index (χ0) is 18.4. The lowest BCUT2D eigenvalue weighted by Crippen LogP contribution is -2.56. The normalized spacial score (nSPS) is 15.4. The molecule has 1 fully saturated rings. The largest absolute Gasteiger partial charge is 0.394 e. The van der Waals surface area contributed by atoms with Crippen LogP contribution in [0.15, 0.2) is 48.8 Å². The number of aliphatic hydroxyl groups is 1. The molecule has 2 N–H and O–H groups in total. The number of hydrogen-bond acceptors (Lipinski definition) is 6. The standard InChI is InChI=1S/C18H21N5O3/c24-13-15(21-16(25)14-5-2-1-3-6-14)17(26)22-9-11-23(12-10-22)18-19-7-4-8-20-18/h1-8,15,24H,9-13H2,(H,21,25). The topological polar surface area (TPSA) is 98.7 Å². The summed E-state index contributed by atoms with van der Waals surface area (Å²) in [7, 11) is 0. The van der Waals surface area contributed by atoms with E-state index in [2.05, 4.69) is 15.3 Å². The predicted molar refractivity (Wildman–Crippen MR) is 95.6 cm³/mol. The van der Waals surface area contributed by atoms with Gasteiger partial charge in [0.15, 0.2) is 0 Å². The van der Waals surface area contributed by atoms with Gasteiger partial charge in [-0.25, -0.2) is 9.97 Å². The first-order valence-electron chi connectivity index (χ1n) is 8.46. The maximum Gasteiger partial charge on any atom is 0.251 e. The van der Waals surface area contributed by atoms with E-state index in [1.807, 2.05) is 4.90 Å². The molecule has 0 bridgehead atoms. The minimum atomic E-state index is -0.956. The Morgan fingerprint density at radius 2 is 1.69 bits per heavy atom. The Labute approximate surface area is 151 Å². The summed E-state index contributed by atoms with van der Waals surface area (Å²) in [4.78, 5) is 36.9. The minimum Gasteiger partial charge on any atom is -0.394 e. The summed E-state index contributed by atoms with van der Waals surface area (Å²) in [6, 6.07) is 9.42. The maximum absolute atomic E-state index is 12.6. The average Bonchev–Trinajstić information content (AvgIpc) is 2.72. The number of aliphatic hydroxyl groups excluding tert-OH is 1. The fraction of sp³-hybridized carbons (Fsp3) is 0.333. The Morgan fingerprint density at radius 3 is 2.31 bits per heavy atom. The zero-order valence-electron chi connectivity index (χ0n) is 14.3. The van der Waals surface area contributed by atoms with Gasteiger partial charge in [-0.05, 0) is 18.2 Å². The smallest absolute Gasteiger partial charge is 0.251 e. The van der Waals surface area contributed by atoms with Gasteiger partial charge < -0.3 is 20.2 Å². The van der Waals surface area contributed by atoms with Gasteiger partial charge >= 0.3 is 0 Å². The van der Waals surface area contributed by atoms with E-state index in [-0.39, 0.29) is 11.8 Å². The SMILES string of the molecule is O=C(NC(CO)C(=O)N1CCN(c2ncccn2)CC1)c1ccccc1. The van der Waals surface area contributed by atoms with E-state index in [1.165, 1.54) is 0 Å². The first-order chi connectivity index (χ1) is 12.7. The van der Waals surface area contributed by atoms with Crippen LogP contribution < -0.4 is 10.2 Å². The van der Waals surface area contributed by atoms with E-state index < -0.39 is 12.6 Å². The number of hydrogen-bond donors (Lipinski definition) is 2. The van der Waals surface area contributed by atoms with Gasteiger partial charge in [0, 0.05) is 44.1 Å². The molecule has 0 saturated carbocycles. The molecule has 3 rings (SSSR count). The summed E-state index contributed by atoms with van der Waals surface area (Å²) >= 11 is 0. The molecule has 1 unspecified atom stereocenters. The fourth-order valence-corrected chi connectivity index (χ4v) is 2.82. The second-order valence-corrected chi connectivity index (χ2v) is 5.94. The van der Waals surface area contributed by atoms with Crippen LogP contribution in [0.3, 0.4) is 0 Å². The highest BCUT2D eigenvalue weighted by atomic mass is 16.3. The number of nitrogens with one attached hydrogen (secondary N) is 1. The zero-order valence-corrected chi connectivity index (χ0v) is 14.3. The third-order valence-corrected chi connectivity index (χ3v) is 4.25. The van der Waals surface area contributed by atoms with Gasteiger partial charge in [-0.2, -0.15) is 0 Å². The quantitative estimate of drug-likeness (QED) is 0.778. The van der Waals surface area contributed by atoms with Crippen molar-refractivity contribution >= 4 is 17.8 Å². The number of carbonyl (C=O) groups is 2. The second kappa shape index (κ2) is 8.39. The molecule has 1 aromatic heterocycles. The molecule has 0 radical (unpaired) electrons. The van der Waals surface area contributed by atoms with Gasteiger partial charge in [0.05, 0.1) is 6.61 Å². The molecule has 8 nitrogen and oxygen atoms in total. The van der Waals surface area contributed by atoms with Crippen LogP contribution in [0.25, 0.3) is 0 Å². The molecular formula is C18H21N5O3. The summed E-state index contributed by atoms with van der Waals surface area (Å²) < 4.78 is 0. The molecule has 1 saturated heterocycles. The number of anilines is 1. The molecule has 136 valence electrons. The van der Waals surface area contributed by atoms with E-state index in [1.54, 1.807) is 53.7 Å². The Bertz CT molecular complexity index is 733. The van der Waals surface area contributed by atoms with Gasteiger partial charge in [-0.15, -0.1) is 0 Å². The van der Waals surface area contributed by atoms with Gasteiger partial charge in [0.25, 0.3) is 5.91 Å². The monoisotopic (exact) mass is 355 g/mol. The van der Waals surface area contributed by atoms with Gasteiger partial charge in [0.1, 0.15) is 6.04 Å². The molecule has 26 heavy (non-hydrogen) atoms. The number of benzene rings is 1. The van der Waals surface area contributed by atoms with Crippen LogP contribution in [-0.4, -0.2) is 70.6 Å². The lowest BCUT2D eigenvalue weighted by Gasteiger charge is -2.36. The van der Waals surface area contributed by atoms with Crippen molar-refractivity contribution in [1.29, 1.82) is 0 Å². The van der Waals surface area contributed by atoms with Crippen molar-refractivity contribution in [3.63, 3.8) is 0 Å². The van der Waals surface area contributed by atoms with Crippen molar-refractivity contribution in [2.75, 3.05) is 37.7 Å². The lowest BCUT2D eigenvalue weighted by molar-refractivity contribution is -0.134. The lowest BCUT2D eigenvalue weighted by atomic mass is 10.1. The van der Waals surface area contributed by atoms with Crippen LogP contribution in [0.5, 0.6) is 0 Å². The molecule has 1 aromatic carbocycles. The average molecular weight is 355 g/mol. The van der Waals surface area contributed by atoms with Gasteiger partial charge in [0.2, 0.25) is 11.9 Å². The van der Waals surface area contributed by atoms with E-state index in [0.717, 1.165) is 0 Å². The van der Waals surface area contributed by atoms with Crippen LogP contribution in [0, 0.1) is 0 Å². The van der Waals surface area contributed by atoms with Crippen LogP contribution in [0.1, 0.15) is 10.4 Å². The maximum atomic E-state index is 12.6. The highest BCUT2D eigenvalue weighted by Gasteiger charge is 2.29. The second-order valence-electron chi connectivity index (χ2n) is 5.94. The summed E-state index contributed by atoms with van der Waals surface area (Å²) in [5.74, 6) is -0.0320. The van der Waals surface area contributed by atoms with E-state index in [0.29, 0.717) is 37.7 Å². The molecule has 1 atom stereocenters. The van der Waals surface area contributed by atoms with Crippen molar-refractivity contribution < 1.29 is 14.7 Å². The van der Waals surface area contributed by atoms with Crippen molar-refractivity contribution in [3.05, 3.63) is 54.4 Å². The van der Waals surface area contributed by atoms with Crippen molar-refractivity contribution in [1.82, 2.24) is 20.2 Å². The van der Waals surface area contributed by atoms with Crippen LogP contribution in [0.2, 0.25) is 0 Å². The van der Waals surface area contributed by atoms with Crippen molar-refractivity contribution in [2.24, 2.45) is 0 Å². The molecule has 0 spiro atoms. The molecule has 8 heteroatoms. The third-order valence-electron chi connectivity index (χ3n) is 4.25. The summed E-state index contributed by atoms with van der Waals surface area (Å²) in [6.07, 6.45) is 3.36. The minimum absolute atomic E-state index is 0.287. The van der Waals surface area contributed by atoms with E-state index in [4.69, 9.17) is 0 Å². The van der Waals surface area contributed by atoms with Gasteiger partial charge in [-0.1, -0.05) is 18.2 Å². The number of amides is 2. The summed E-state index contributed by atoms with van der Waals surface area (Å²) in [5.41, 5.74) is 0.449. The first-order valence-corrected chi connectivity index (χ1v) is 8.46. The van der Waals surface area contributed by atoms with Crippen molar-refractivity contribution in [3.8, 4) is 0 Å². The number of aromatic nitrogens is 2. The van der Waals surface area contributed by atoms with Crippen molar-refractivity contribution in [2.45, 2.75) is 6.04 Å². The molecule has 1 aliphatic heterocycles. The number of carbonyl (C=O) groups excluding carboxylic acids is 2. The van der Waals surface area contributed by atoms with Crippen LogP contribution >= 0.6 is 0 Å². The molecule has 2 amide bonds. The summed E-state index contributed by atoms with van der Waals surface area (Å²) in [6.45, 7) is 1.71. The van der Waals surface area contributed by atoms with E-state index in [9.17, 15) is 14.7 Å². The molecule has 1 aliphatic rings. The Kier molecular flexibility index (Phi) is 5.75. The van der Waals surface area contributed by atoms with Crippen LogP contribution in [0.4, 0.5) is 5.95 Å². The Hall–Kier alpha value is -3.00. The first kappa shape index (κ1) is 17.8. The number of piperazine rings is 1. The predicted octanol–water partition coefficient (Wildman–Crippen LogP) is -0.0839. The molecule has 2 heterocycles. The van der Waals surface area contributed by atoms with E-state index >= 15 is 0 Å². The highest BCUT2D eigenvalue weighted by Crippen LogP contribution is 2.11. The molecule has 0 aliphatic carbocycles. The van der Waals surface area contributed by atoms with Crippen LogP contribution in [-0.2, 0) is 4.79 Å². The summed E-state index contributed by atoms with van der Waals surface area (Å²) in [5, 5.41) is 12.2. The molecular weight excluding hydrogens is 334 g/mol. The van der Waals surface area contributed by atoms with Gasteiger partial charge in [-0.3, -0.25) is 9.59 Å².